The summed E-state index contributed by atoms with van der Waals surface area (Å²) < 4.78 is 30.7. The molecule has 1 aliphatic carbocycles. The summed E-state index contributed by atoms with van der Waals surface area (Å²) >= 11 is 0. The molecule has 0 radical (unpaired) electrons. The van der Waals surface area contributed by atoms with Crippen LogP contribution in [0.15, 0.2) is 24.3 Å². The van der Waals surface area contributed by atoms with Crippen molar-refractivity contribution >= 4 is 5.69 Å². The lowest BCUT2D eigenvalue weighted by Gasteiger charge is -2.54. The molecule has 1 aromatic rings. The number of ether oxygens (including phenoxy) is 3. The van der Waals surface area contributed by atoms with Crippen LogP contribution in [-0.2, 0) is 14.2 Å². The van der Waals surface area contributed by atoms with Gasteiger partial charge in [0.25, 0.3) is 0 Å². The topological polar surface area (TPSA) is 39.7 Å². The van der Waals surface area contributed by atoms with Gasteiger partial charge in [-0.25, -0.2) is 4.39 Å². The molecule has 5 heteroatoms. The van der Waals surface area contributed by atoms with Gasteiger partial charge in [-0.15, -0.1) is 0 Å². The zero-order valence-electron chi connectivity index (χ0n) is 13.9. The normalized spacial score (nSPS) is 34.0. The molecule has 0 spiro atoms. The van der Waals surface area contributed by atoms with E-state index in [9.17, 15) is 4.39 Å². The fourth-order valence-electron chi connectivity index (χ4n) is 4.21. The van der Waals surface area contributed by atoms with Crippen LogP contribution in [-0.4, -0.2) is 45.2 Å². The Kier molecular flexibility index (Phi) is 5.19. The second-order valence-electron chi connectivity index (χ2n) is 6.55. The van der Waals surface area contributed by atoms with E-state index in [1.807, 2.05) is 0 Å². The van der Waals surface area contributed by atoms with Crippen molar-refractivity contribution in [3.8, 4) is 0 Å². The second-order valence-corrected chi connectivity index (χ2v) is 6.55. The molecule has 2 aliphatic rings. The summed E-state index contributed by atoms with van der Waals surface area (Å²) in [6, 6.07) is 6.66. The van der Waals surface area contributed by atoms with Crippen molar-refractivity contribution in [1.29, 1.82) is 0 Å². The van der Waals surface area contributed by atoms with Crippen LogP contribution in [0.4, 0.5) is 10.1 Å². The fraction of sp³-hybridized carbons (Fsp3) is 0.667. The average Bonchev–Trinajstić information content (AvgIpc) is 2.59. The lowest BCUT2D eigenvalue weighted by molar-refractivity contribution is -0.210. The van der Waals surface area contributed by atoms with Gasteiger partial charge in [-0.05, 0) is 49.9 Å². The summed E-state index contributed by atoms with van der Waals surface area (Å²) in [6.07, 6.45) is 4.01. The summed E-state index contributed by atoms with van der Waals surface area (Å²) in [5.74, 6) is 0.131. The molecule has 128 valence electrons. The summed E-state index contributed by atoms with van der Waals surface area (Å²) in [7, 11) is 3.51. The largest absolute Gasteiger partial charge is 0.384 e. The predicted molar refractivity (Wildman–Crippen MR) is 87.1 cm³/mol. The van der Waals surface area contributed by atoms with Gasteiger partial charge in [0.2, 0.25) is 0 Å². The van der Waals surface area contributed by atoms with E-state index in [0.29, 0.717) is 12.5 Å². The predicted octanol–water partition coefficient (Wildman–Crippen LogP) is 3.23. The van der Waals surface area contributed by atoms with Gasteiger partial charge in [0.05, 0.1) is 18.8 Å². The first-order valence-electron chi connectivity index (χ1n) is 8.37. The molecule has 3 rings (SSSR count). The minimum Gasteiger partial charge on any atom is -0.384 e. The number of fused-ring (bicyclic) bond motifs is 1. The SMILES string of the molecule is COCC1CCC(Nc2ccc(F)cc2)C2(OC)CCCOC12. The Morgan fingerprint density at radius 1 is 1.26 bits per heavy atom. The number of hydrogen-bond acceptors (Lipinski definition) is 4. The first-order chi connectivity index (χ1) is 11.2. The maximum absolute atomic E-state index is 13.1. The third kappa shape index (κ3) is 3.23. The van der Waals surface area contributed by atoms with E-state index in [2.05, 4.69) is 5.32 Å². The highest BCUT2D eigenvalue weighted by Crippen LogP contribution is 2.44. The standard InChI is InChI=1S/C18H26FNO3/c1-21-12-13-4-9-16(20-15-7-5-14(19)6-8-15)18(22-2)10-3-11-23-17(13)18/h5-8,13,16-17,20H,3-4,9-12H2,1-2H3. The van der Waals surface area contributed by atoms with Crippen LogP contribution in [0, 0.1) is 11.7 Å². The molecule has 4 atom stereocenters. The van der Waals surface area contributed by atoms with Gasteiger partial charge in [-0.2, -0.15) is 0 Å². The minimum absolute atomic E-state index is 0.0351. The van der Waals surface area contributed by atoms with Gasteiger partial charge in [0.1, 0.15) is 11.4 Å². The van der Waals surface area contributed by atoms with Gasteiger partial charge in [0, 0.05) is 32.4 Å². The Morgan fingerprint density at radius 3 is 2.74 bits per heavy atom. The second kappa shape index (κ2) is 7.16. The van der Waals surface area contributed by atoms with E-state index in [1.165, 1.54) is 12.1 Å². The first kappa shape index (κ1) is 16.7. The van der Waals surface area contributed by atoms with Crippen molar-refractivity contribution in [2.45, 2.75) is 43.4 Å². The molecule has 1 aromatic carbocycles. The lowest BCUT2D eigenvalue weighted by atomic mass is 9.69. The number of methoxy groups -OCH3 is 2. The lowest BCUT2D eigenvalue weighted by Crippen LogP contribution is -2.65. The van der Waals surface area contributed by atoms with Crippen molar-refractivity contribution in [3.05, 3.63) is 30.1 Å². The van der Waals surface area contributed by atoms with Crippen molar-refractivity contribution in [2.75, 3.05) is 32.8 Å². The number of benzene rings is 1. The molecular weight excluding hydrogens is 297 g/mol. The van der Waals surface area contributed by atoms with E-state index in [4.69, 9.17) is 14.2 Å². The van der Waals surface area contributed by atoms with Crippen LogP contribution < -0.4 is 5.32 Å². The fourth-order valence-corrected chi connectivity index (χ4v) is 4.21. The Hall–Kier alpha value is -1.17. The molecule has 1 N–H and O–H groups in total. The Balaban J connectivity index is 1.83. The van der Waals surface area contributed by atoms with Crippen molar-refractivity contribution in [1.82, 2.24) is 0 Å². The quantitative estimate of drug-likeness (QED) is 0.903. The molecule has 1 saturated carbocycles. The Labute approximate surface area is 137 Å². The van der Waals surface area contributed by atoms with Crippen LogP contribution in [0.2, 0.25) is 0 Å². The molecule has 23 heavy (non-hydrogen) atoms. The van der Waals surface area contributed by atoms with E-state index < -0.39 is 0 Å². The van der Waals surface area contributed by atoms with Crippen molar-refractivity contribution < 1.29 is 18.6 Å². The summed E-state index contributed by atoms with van der Waals surface area (Å²) in [5.41, 5.74) is 0.566. The number of hydrogen-bond donors (Lipinski definition) is 1. The van der Waals surface area contributed by atoms with Gasteiger partial charge in [0.15, 0.2) is 0 Å². The van der Waals surface area contributed by atoms with Crippen molar-refractivity contribution in [2.24, 2.45) is 5.92 Å². The molecular formula is C18H26FNO3. The van der Waals surface area contributed by atoms with Crippen LogP contribution in [0.3, 0.4) is 0 Å². The Morgan fingerprint density at radius 2 is 2.04 bits per heavy atom. The monoisotopic (exact) mass is 323 g/mol. The summed E-state index contributed by atoms with van der Waals surface area (Å²) in [4.78, 5) is 0. The molecule has 1 saturated heterocycles. The molecule has 0 aromatic heterocycles. The highest BCUT2D eigenvalue weighted by atomic mass is 19.1. The van der Waals surface area contributed by atoms with E-state index in [-0.39, 0.29) is 23.6 Å². The van der Waals surface area contributed by atoms with E-state index in [1.54, 1.807) is 26.4 Å². The highest BCUT2D eigenvalue weighted by Gasteiger charge is 2.54. The maximum Gasteiger partial charge on any atom is 0.123 e. The molecule has 1 heterocycles. The third-order valence-corrected chi connectivity index (χ3v) is 5.28. The molecule has 4 nitrogen and oxygen atoms in total. The number of nitrogens with one attached hydrogen (secondary N) is 1. The van der Waals surface area contributed by atoms with Crippen LogP contribution in [0.1, 0.15) is 25.7 Å². The minimum atomic E-state index is -0.353. The van der Waals surface area contributed by atoms with E-state index in [0.717, 1.165) is 38.0 Å². The van der Waals surface area contributed by atoms with Gasteiger partial charge >= 0.3 is 0 Å². The molecule has 2 fully saturated rings. The number of anilines is 1. The van der Waals surface area contributed by atoms with Gasteiger partial charge < -0.3 is 19.5 Å². The maximum atomic E-state index is 13.1. The smallest absolute Gasteiger partial charge is 0.123 e. The van der Waals surface area contributed by atoms with Crippen LogP contribution in [0.25, 0.3) is 0 Å². The summed E-state index contributed by atoms with van der Waals surface area (Å²) in [6.45, 7) is 1.47. The number of halogens is 1. The summed E-state index contributed by atoms with van der Waals surface area (Å²) in [5, 5.41) is 3.55. The van der Waals surface area contributed by atoms with Gasteiger partial charge in [-0.3, -0.25) is 0 Å². The Bertz CT molecular complexity index is 509. The molecule has 0 bridgehead atoms. The van der Waals surface area contributed by atoms with Crippen LogP contribution in [0.5, 0.6) is 0 Å². The zero-order chi connectivity index (χ0) is 16.3. The number of rotatable bonds is 5. The average molecular weight is 323 g/mol. The highest BCUT2D eigenvalue weighted by molar-refractivity contribution is 5.45. The molecule has 0 amide bonds. The third-order valence-electron chi connectivity index (χ3n) is 5.28. The molecule has 1 aliphatic heterocycles. The molecule has 4 unspecified atom stereocenters. The zero-order valence-corrected chi connectivity index (χ0v) is 13.9. The van der Waals surface area contributed by atoms with E-state index >= 15 is 0 Å². The van der Waals surface area contributed by atoms with Crippen molar-refractivity contribution in [3.63, 3.8) is 0 Å². The first-order valence-corrected chi connectivity index (χ1v) is 8.37. The van der Waals surface area contributed by atoms with Crippen LogP contribution >= 0.6 is 0 Å². The van der Waals surface area contributed by atoms with Gasteiger partial charge in [-0.1, -0.05) is 0 Å².